The predicted molar refractivity (Wildman–Crippen MR) is 71.8 cm³/mol. The Labute approximate surface area is 109 Å². The molecule has 0 amide bonds. The van der Waals surface area contributed by atoms with Crippen molar-refractivity contribution in [1.82, 2.24) is 9.97 Å². The summed E-state index contributed by atoms with van der Waals surface area (Å²) in [6, 6.07) is 0. The molecule has 0 aliphatic carbocycles. The van der Waals surface area contributed by atoms with Crippen LogP contribution in [0.5, 0.6) is 0 Å². The Hall–Kier alpha value is -1.20. The fraction of sp³-hybridized carbons (Fsp3) is 0.692. The molecule has 1 aromatic heterocycles. The number of hydrogen-bond acceptors (Lipinski definition) is 5. The highest BCUT2D eigenvalue weighted by molar-refractivity contribution is 5.48. The molecule has 0 saturated carbocycles. The molecular weight excluding hydrogens is 230 g/mol. The summed E-state index contributed by atoms with van der Waals surface area (Å²) in [6.07, 6.45) is 1.78. The monoisotopic (exact) mass is 253 g/mol. The summed E-state index contributed by atoms with van der Waals surface area (Å²) < 4.78 is 5.32. The van der Waals surface area contributed by atoms with Crippen LogP contribution in [-0.4, -0.2) is 41.9 Å². The zero-order valence-corrected chi connectivity index (χ0v) is 11.7. The topological polar surface area (TPSA) is 58.5 Å². The van der Waals surface area contributed by atoms with Crippen molar-refractivity contribution in [2.45, 2.75) is 33.3 Å². The lowest BCUT2D eigenvalue weighted by Gasteiger charge is -2.21. The summed E-state index contributed by atoms with van der Waals surface area (Å²) >= 11 is 0. The largest absolute Gasteiger partial charge is 0.390 e. The van der Waals surface area contributed by atoms with E-state index in [0.717, 1.165) is 18.1 Å². The van der Waals surface area contributed by atoms with E-state index in [0.29, 0.717) is 18.9 Å². The van der Waals surface area contributed by atoms with Crippen LogP contribution < -0.4 is 4.90 Å². The van der Waals surface area contributed by atoms with Crippen molar-refractivity contribution in [3.63, 3.8) is 0 Å². The van der Waals surface area contributed by atoms with Crippen molar-refractivity contribution in [2.75, 3.05) is 31.7 Å². The first kappa shape index (κ1) is 14.9. The van der Waals surface area contributed by atoms with Gasteiger partial charge in [-0.15, -0.1) is 0 Å². The molecule has 0 aromatic carbocycles. The van der Waals surface area contributed by atoms with Crippen LogP contribution in [-0.2, 0) is 11.3 Å². The van der Waals surface area contributed by atoms with Crippen LogP contribution in [0.2, 0.25) is 0 Å². The van der Waals surface area contributed by atoms with Crippen molar-refractivity contribution < 1.29 is 9.84 Å². The SMILES string of the molecule is CCOCCN(C)c1cnc(C(C)C)nc1CO. The van der Waals surface area contributed by atoms with Gasteiger partial charge in [-0.25, -0.2) is 9.97 Å². The highest BCUT2D eigenvalue weighted by atomic mass is 16.5. The molecule has 0 atom stereocenters. The lowest BCUT2D eigenvalue weighted by atomic mass is 10.2. The van der Waals surface area contributed by atoms with Gasteiger partial charge in [0.2, 0.25) is 0 Å². The Morgan fingerprint density at radius 3 is 2.72 bits per heavy atom. The van der Waals surface area contributed by atoms with Gasteiger partial charge in [-0.05, 0) is 6.92 Å². The molecular formula is C13H23N3O2. The minimum Gasteiger partial charge on any atom is -0.390 e. The van der Waals surface area contributed by atoms with Crippen molar-refractivity contribution >= 4 is 5.69 Å². The van der Waals surface area contributed by atoms with Crippen LogP contribution in [0, 0.1) is 0 Å². The second kappa shape index (κ2) is 7.28. The van der Waals surface area contributed by atoms with Gasteiger partial charge in [-0.2, -0.15) is 0 Å². The normalized spacial score (nSPS) is 11.0. The number of aliphatic hydroxyl groups is 1. The first-order valence-corrected chi connectivity index (χ1v) is 6.35. The third-order valence-corrected chi connectivity index (χ3v) is 2.72. The van der Waals surface area contributed by atoms with E-state index >= 15 is 0 Å². The number of likely N-dealkylation sites (N-methyl/N-ethyl adjacent to an activating group) is 1. The van der Waals surface area contributed by atoms with Gasteiger partial charge < -0.3 is 14.7 Å². The maximum atomic E-state index is 9.40. The second-order valence-corrected chi connectivity index (χ2v) is 4.49. The first-order chi connectivity index (χ1) is 8.60. The van der Waals surface area contributed by atoms with Gasteiger partial charge >= 0.3 is 0 Å². The van der Waals surface area contributed by atoms with Crippen molar-refractivity contribution in [3.05, 3.63) is 17.7 Å². The van der Waals surface area contributed by atoms with Gasteiger partial charge in [0.05, 0.1) is 30.8 Å². The molecule has 0 unspecified atom stereocenters. The quantitative estimate of drug-likeness (QED) is 0.747. The van der Waals surface area contributed by atoms with Gasteiger partial charge in [-0.1, -0.05) is 13.8 Å². The van der Waals surface area contributed by atoms with E-state index in [-0.39, 0.29) is 12.5 Å². The molecule has 0 radical (unpaired) electrons. The number of nitrogens with zero attached hydrogens (tertiary/aromatic N) is 3. The van der Waals surface area contributed by atoms with E-state index in [4.69, 9.17) is 4.74 Å². The highest BCUT2D eigenvalue weighted by Gasteiger charge is 2.12. The molecule has 1 rings (SSSR count). The first-order valence-electron chi connectivity index (χ1n) is 6.35. The van der Waals surface area contributed by atoms with Crippen LogP contribution in [0.1, 0.15) is 38.2 Å². The summed E-state index contributed by atoms with van der Waals surface area (Å²) in [5, 5.41) is 9.40. The molecule has 0 aliphatic rings. The van der Waals surface area contributed by atoms with E-state index in [1.165, 1.54) is 0 Å². The van der Waals surface area contributed by atoms with Gasteiger partial charge in [-0.3, -0.25) is 0 Å². The van der Waals surface area contributed by atoms with Crippen LogP contribution in [0.15, 0.2) is 6.20 Å². The molecule has 1 N–H and O–H groups in total. The number of ether oxygens (including phenoxy) is 1. The number of rotatable bonds is 7. The number of aromatic nitrogens is 2. The molecule has 1 heterocycles. The van der Waals surface area contributed by atoms with E-state index in [9.17, 15) is 5.11 Å². The van der Waals surface area contributed by atoms with Crippen LogP contribution in [0.3, 0.4) is 0 Å². The maximum Gasteiger partial charge on any atom is 0.131 e. The average Bonchev–Trinajstić information content (AvgIpc) is 2.38. The maximum absolute atomic E-state index is 9.40. The van der Waals surface area contributed by atoms with Crippen molar-refractivity contribution in [1.29, 1.82) is 0 Å². The molecule has 1 aromatic rings. The molecule has 0 aliphatic heterocycles. The Morgan fingerprint density at radius 2 is 2.17 bits per heavy atom. The van der Waals surface area contributed by atoms with Crippen molar-refractivity contribution in [3.8, 4) is 0 Å². The molecule has 5 heteroatoms. The summed E-state index contributed by atoms with van der Waals surface area (Å²) in [6.45, 7) is 8.10. The predicted octanol–water partition coefficient (Wildman–Crippen LogP) is 1.56. The van der Waals surface area contributed by atoms with E-state index < -0.39 is 0 Å². The molecule has 0 fully saturated rings. The number of hydrogen-bond donors (Lipinski definition) is 1. The lowest BCUT2D eigenvalue weighted by molar-refractivity contribution is 0.154. The minimum atomic E-state index is -0.0729. The minimum absolute atomic E-state index is 0.0729. The third-order valence-electron chi connectivity index (χ3n) is 2.72. The molecule has 18 heavy (non-hydrogen) atoms. The van der Waals surface area contributed by atoms with Gasteiger partial charge in [0, 0.05) is 26.1 Å². The molecule has 0 bridgehead atoms. The Bertz CT molecular complexity index is 369. The van der Waals surface area contributed by atoms with E-state index in [2.05, 4.69) is 9.97 Å². The fourth-order valence-electron chi connectivity index (χ4n) is 1.61. The Balaban J connectivity index is 2.81. The molecule has 0 spiro atoms. The number of anilines is 1. The molecule has 0 saturated heterocycles. The Morgan fingerprint density at radius 1 is 1.44 bits per heavy atom. The summed E-state index contributed by atoms with van der Waals surface area (Å²) in [7, 11) is 1.95. The van der Waals surface area contributed by atoms with E-state index in [1.54, 1.807) is 6.20 Å². The van der Waals surface area contributed by atoms with Gasteiger partial charge in [0.1, 0.15) is 5.82 Å². The third kappa shape index (κ3) is 3.92. The highest BCUT2D eigenvalue weighted by Crippen LogP contribution is 2.19. The van der Waals surface area contributed by atoms with Crippen molar-refractivity contribution in [2.24, 2.45) is 0 Å². The summed E-state index contributed by atoms with van der Waals surface area (Å²) in [5.74, 6) is 1.03. The van der Waals surface area contributed by atoms with E-state index in [1.807, 2.05) is 32.7 Å². The molecule has 102 valence electrons. The summed E-state index contributed by atoms with van der Waals surface area (Å²) in [5.41, 5.74) is 1.54. The lowest BCUT2D eigenvalue weighted by Crippen LogP contribution is -2.24. The Kier molecular flexibility index (Phi) is 6.01. The standard InChI is InChI=1S/C13H23N3O2/c1-5-18-7-6-16(4)12-8-14-13(10(2)3)15-11(12)9-17/h8,10,17H,5-7,9H2,1-4H3. The summed E-state index contributed by atoms with van der Waals surface area (Å²) in [4.78, 5) is 10.7. The zero-order valence-electron chi connectivity index (χ0n) is 11.7. The fourth-order valence-corrected chi connectivity index (χ4v) is 1.61. The number of aliphatic hydroxyl groups excluding tert-OH is 1. The smallest absolute Gasteiger partial charge is 0.131 e. The van der Waals surface area contributed by atoms with Gasteiger partial charge in [0.25, 0.3) is 0 Å². The van der Waals surface area contributed by atoms with Crippen LogP contribution in [0.25, 0.3) is 0 Å². The zero-order chi connectivity index (χ0) is 13.5. The second-order valence-electron chi connectivity index (χ2n) is 4.49. The van der Waals surface area contributed by atoms with Gasteiger partial charge in [0.15, 0.2) is 0 Å². The van der Waals surface area contributed by atoms with Crippen LogP contribution >= 0.6 is 0 Å². The van der Waals surface area contributed by atoms with Crippen LogP contribution in [0.4, 0.5) is 5.69 Å². The average molecular weight is 253 g/mol. The molecule has 5 nitrogen and oxygen atoms in total.